The van der Waals surface area contributed by atoms with Gasteiger partial charge in [0.2, 0.25) is 0 Å². The molecule has 0 aliphatic heterocycles. The molecular formula is C51H37NO2. The highest BCUT2D eigenvalue weighted by atomic mass is 16.3. The lowest BCUT2D eigenvalue weighted by Crippen LogP contribution is -1.96. The highest BCUT2D eigenvalue weighted by Gasteiger charge is 2.23. The highest BCUT2D eigenvalue weighted by molar-refractivity contribution is 6.31. The second-order valence-corrected chi connectivity index (χ2v) is 14.7. The van der Waals surface area contributed by atoms with Gasteiger partial charge in [0, 0.05) is 45.1 Å². The van der Waals surface area contributed by atoms with Gasteiger partial charge >= 0.3 is 0 Å². The molecule has 0 radical (unpaired) electrons. The van der Waals surface area contributed by atoms with E-state index in [1.807, 2.05) is 18.5 Å². The Morgan fingerprint density at radius 2 is 0.963 bits per heavy atom. The second-order valence-electron chi connectivity index (χ2n) is 14.7. The van der Waals surface area contributed by atoms with Crippen LogP contribution in [0, 0.1) is 0 Å². The van der Waals surface area contributed by atoms with Crippen molar-refractivity contribution in [3.8, 4) is 33.4 Å². The minimum atomic E-state index is 0.907. The molecule has 3 heteroatoms. The third-order valence-corrected chi connectivity index (χ3v) is 11.7. The Hall–Kier alpha value is -6.45. The van der Waals surface area contributed by atoms with Crippen molar-refractivity contribution >= 4 is 76.2 Å². The topological polar surface area (TPSA) is 39.2 Å². The van der Waals surface area contributed by atoms with Gasteiger partial charge in [-0.3, -0.25) is 4.98 Å². The van der Waals surface area contributed by atoms with E-state index in [1.165, 1.54) is 73.8 Å². The minimum absolute atomic E-state index is 0.907. The van der Waals surface area contributed by atoms with Gasteiger partial charge in [-0.25, -0.2) is 0 Å². The predicted octanol–water partition coefficient (Wildman–Crippen LogP) is 14.9. The van der Waals surface area contributed by atoms with Gasteiger partial charge in [0.05, 0.1) is 0 Å². The lowest BCUT2D eigenvalue weighted by molar-refractivity contribution is 0.668. The van der Waals surface area contributed by atoms with E-state index in [4.69, 9.17) is 8.83 Å². The van der Waals surface area contributed by atoms with Crippen LogP contribution in [-0.4, -0.2) is 4.98 Å². The zero-order valence-electron chi connectivity index (χ0n) is 30.2. The molecule has 0 amide bonds. The summed E-state index contributed by atoms with van der Waals surface area (Å²) in [5.41, 5.74) is 12.1. The molecule has 3 aromatic heterocycles. The first kappa shape index (κ1) is 31.1. The monoisotopic (exact) mass is 695 g/mol. The number of benzene rings is 8. The maximum Gasteiger partial charge on any atom is 0.143 e. The van der Waals surface area contributed by atoms with Crippen LogP contribution in [0.4, 0.5) is 0 Å². The Labute approximate surface area is 312 Å². The first-order chi connectivity index (χ1) is 26.8. The largest absolute Gasteiger partial charge is 0.455 e. The molecule has 0 aliphatic rings. The number of pyridine rings is 1. The van der Waals surface area contributed by atoms with Crippen LogP contribution in [0.25, 0.3) is 110 Å². The van der Waals surface area contributed by atoms with E-state index in [1.54, 1.807) is 0 Å². The van der Waals surface area contributed by atoms with Crippen LogP contribution < -0.4 is 0 Å². The first-order valence-electron chi connectivity index (χ1n) is 19.3. The molecule has 0 spiro atoms. The van der Waals surface area contributed by atoms with Gasteiger partial charge in [-0.2, -0.15) is 0 Å². The molecule has 258 valence electrons. The molecule has 0 aliphatic carbocycles. The predicted molar refractivity (Wildman–Crippen MR) is 227 cm³/mol. The summed E-state index contributed by atoms with van der Waals surface area (Å²) in [5.74, 6) is 0. The van der Waals surface area contributed by atoms with E-state index in [0.717, 1.165) is 73.4 Å². The lowest BCUT2D eigenvalue weighted by Gasteiger charge is -2.21. The van der Waals surface area contributed by atoms with E-state index < -0.39 is 0 Å². The van der Waals surface area contributed by atoms with E-state index in [0.29, 0.717) is 0 Å². The zero-order valence-corrected chi connectivity index (χ0v) is 30.2. The fourth-order valence-electron chi connectivity index (χ4n) is 9.15. The molecule has 54 heavy (non-hydrogen) atoms. The molecule has 0 atom stereocenters. The number of aryl methyl sites for hydroxylation is 1. The van der Waals surface area contributed by atoms with Crippen molar-refractivity contribution < 1.29 is 8.83 Å². The summed E-state index contributed by atoms with van der Waals surface area (Å²) in [7, 11) is 0. The van der Waals surface area contributed by atoms with Crippen LogP contribution in [0.15, 0.2) is 155 Å². The van der Waals surface area contributed by atoms with Crippen molar-refractivity contribution in [2.75, 3.05) is 0 Å². The van der Waals surface area contributed by atoms with Crippen molar-refractivity contribution in [3.05, 3.63) is 151 Å². The van der Waals surface area contributed by atoms with Crippen LogP contribution in [0.3, 0.4) is 0 Å². The van der Waals surface area contributed by atoms with E-state index >= 15 is 0 Å². The molecule has 11 aromatic rings. The summed E-state index contributed by atoms with van der Waals surface area (Å²) in [6, 6.07) is 48.5. The van der Waals surface area contributed by atoms with Gasteiger partial charge < -0.3 is 8.83 Å². The molecule has 8 aromatic carbocycles. The molecule has 0 saturated carbocycles. The minimum Gasteiger partial charge on any atom is -0.455 e. The van der Waals surface area contributed by atoms with Crippen LogP contribution in [0.5, 0.6) is 0 Å². The number of rotatable bonds is 8. The number of para-hydroxylation sites is 4. The van der Waals surface area contributed by atoms with E-state index in [-0.39, 0.29) is 0 Å². The highest BCUT2D eigenvalue weighted by Crippen LogP contribution is 2.49. The summed E-state index contributed by atoms with van der Waals surface area (Å²) in [6.07, 6.45) is 9.68. The Bertz CT molecular complexity index is 3200. The fraction of sp³-hybridized carbons (Fsp3) is 0.118. The smallest absolute Gasteiger partial charge is 0.143 e. The maximum atomic E-state index is 6.68. The van der Waals surface area contributed by atoms with Gasteiger partial charge in [0.15, 0.2) is 0 Å². The van der Waals surface area contributed by atoms with Crippen molar-refractivity contribution in [1.29, 1.82) is 0 Å². The van der Waals surface area contributed by atoms with Gasteiger partial charge in [0.1, 0.15) is 22.3 Å². The third kappa shape index (κ3) is 4.64. The van der Waals surface area contributed by atoms with Crippen LogP contribution in [-0.2, 0) is 6.42 Å². The second kappa shape index (κ2) is 12.3. The summed E-state index contributed by atoms with van der Waals surface area (Å²) in [5, 5.41) is 12.2. The number of fused-ring (bicyclic) bond motifs is 6. The Morgan fingerprint density at radius 1 is 0.426 bits per heavy atom. The van der Waals surface area contributed by atoms with Gasteiger partial charge in [-0.1, -0.05) is 123 Å². The molecule has 3 nitrogen and oxygen atoms in total. The zero-order chi connectivity index (χ0) is 35.8. The van der Waals surface area contributed by atoms with Gasteiger partial charge in [0.25, 0.3) is 0 Å². The quantitative estimate of drug-likeness (QED) is 0.117. The van der Waals surface area contributed by atoms with Crippen LogP contribution >= 0.6 is 0 Å². The number of hydrogen-bond donors (Lipinski definition) is 0. The standard InChI is InChI=1S/C51H37NO2/c1-2-3-4-5-12-32-29-44(41-17-10-15-39-34-13-6-8-19-46(34)53-50(39)41)37-24-23-36-43(31-25-27-52-28-26-31)30-45(38-22-21-33(32)48(37)49(36)38)42-18-11-16-40-35-14-7-9-20-47(35)54-51(40)42/h6-11,13-30H,2-5,12H2,1H3. The Kier molecular flexibility index (Phi) is 7.10. The molecule has 0 unspecified atom stereocenters. The molecule has 3 heterocycles. The molecular weight excluding hydrogens is 659 g/mol. The summed E-state index contributed by atoms with van der Waals surface area (Å²) >= 11 is 0. The molecule has 0 saturated heterocycles. The first-order valence-corrected chi connectivity index (χ1v) is 19.3. The van der Waals surface area contributed by atoms with Gasteiger partial charge in [-0.15, -0.1) is 0 Å². The van der Waals surface area contributed by atoms with E-state index in [9.17, 15) is 0 Å². The van der Waals surface area contributed by atoms with Gasteiger partial charge in [-0.05, 0) is 109 Å². The van der Waals surface area contributed by atoms with Crippen molar-refractivity contribution in [2.45, 2.75) is 39.0 Å². The van der Waals surface area contributed by atoms with Crippen LogP contribution in [0.2, 0.25) is 0 Å². The lowest BCUT2D eigenvalue weighted by atomic mass is 9.82. The molecule has 11 rings (SSSR count). The number of aromatic nitrogens is 1. The van der Waals surface area contributed by atoms with Crippen molar-refractivity contribution in [2.24, 2.45) is 0 Å². The number of hydrogen-bond acceptors (Lipinski definition) is 3. The molecule has 0 N–H and O–H groups in total. The normalized spacial score (nSPS) is 12.2. The average Bonchev–Trinajstić information content (AvgIpc) is 3.81. The number of furan rings is 2. The summed E-state index contributed by atoms with van der Waals surface area (Å²) in [6.45, 7) is 2.28. The average molecular weight is 696 g/mol. The number of unbranched alkanes of at least 4 members (excludes halogenated alkanes) is 3. The third-order valence-electron chi connectivity index (χ3n) is 11.7. The molecule has 0 fully saturated rings. The SMILES string of the molecule is CCCCCCc1cc(-c2cccc3c2oc2ccccc23)c2ccc3c(-c4ccncc4)cc(-c4cccc5c4oc4ccccc45)c4ccc1c2c34. The number of nitrogens with zero attached hydrogens (tertiary/aromatic N) is 1. The summed E-state index contributed by atoms with van der Waals surface area (Å²) < 4.78 is 13.4. The fourth-order valence-corrected chi connectivity index (χ4v) is 9.15. The van der Waals surface area contributed by atoms with Crippen LogP contribution in [0.1, 0.15) is 38.2 Å². The summed E-state index contributed by atoms with van der Waals surface area (Å²) in [4.78, 5) is 4.39. The molecule has 0 bridgehead atoms. The van der Waals surface area contributed by atoms with Crippen molar-refractivity contribution in [1.82, 2.24) is 4.98 Å². The van der Waals surface area contributed by atoms with E-state index in [2.05, 4.69) is 139 Å². The van der Waals surface area contributed by atoms with Crippen molar-refractivity contribution in [3.63, 3.8) is 0 Å². The maximum absolute atomic E-state index is 6.68. The Balaban J connectivity index is 1.27. The Morgan fingerprint density at radius 3 is 1.59 bits per heavy atom.